The first-order valence-electron chi connectivity index (χ1n) is 8.69. The molecule has 1 aromatic heterocycles. The zero-order chi connectivity index (χ0) is 18.9. The molecule has 26 heavy (non-hydrogen) atoms. The van der Waals surface area contributed by atoms with Crippen molar-refractivity contribution in [3.63, 3.8) is 0 Å². The lowest BCUT2D eigenvalue weighted by Gasteiger charge is -2.17. The highest BCUT2D eigenvalue weighted by Gasteiger charge is 2.32. The molecule has 3 rings (SSSR count). The summed E-state index contributed by atoms with van der Waals surface area (Å²) in [7, 11) is -3.06. The quantitative estimate of drug-likeness (QED) is 0.780. The van der Waals surface area contributed by atoms with Crippen LogP contribution in [0.3, 0.4) is 0 Å². The van der Waals surface area contributed by atoms with Gasteiger partial charge in [-0.2, -0.15) is 5.10 Å². The van der Waals surface area contributed by atoms with Crippen molar-refractivity contribution in [1.29, 1.82) is 0 Å². The maximum absolute atomic E-state index is 12.7. The summed E-state index contributed by atoms with van der Waals surface area (Å²) in [5.74, 6) is 0.0512. The lowest BCUT2D eigenvalue weighted by Crippen LogP contribution is -2.31. The monoisotopic (exact) mass is 395 g/mol. The van der Waals surface area contributed by atoms with Crippen LogP contribution in [-0.4, -0.2) is 53.6 Å². The molecule has 1 amide bonds. The van der Waals surface area contributed by atoms with Crippen LogP contribution in [0.25, 0.3) is 11.3 Å². The third-order valence-electron chi connectivity index (χ3n) is 4.70. The van der Waals surface area contributed by atoms with Crippen LogP contribution >= 0.6 is 11.6 Å². The average Bonchev–Trinajstić information content (AvgIpc) is 3.20. The highest BCUT2D eigenvalue weighted by atomic mass is 35.5. The van der Waals surface area contributed by atoms with E-state index in [1.54, 1.807) is 27.8 Å². The molecule has 1 aliphatic heterocycles. The molecular weight excluding hydrogens is 374 g/mol. The van der Waals surface area contributed by atoms with E-state index in [0.29, 0.717) is 30.2 Å². The molecule has 0 bridgehead atoms. The second-order valence-corrected chi connectivity index (χ2v) is 9.07. The normalized spacial score (nSPS) is 18.8. The summed E-state index contributed by atoms with van der Waals surface area (Å²) in [6.07, 6.45) is 0.503. The summed E-state index contributed by atoms with van der Waals surface area (Å²) in [5, 5.41) is 5.11. The molecule has 1 aliphatic rings. The number of halogens is 1. The zero-order valence-corrected chi connectivity index (χ0v) is 16.4. The van der Waals surface area contributed by atoms with Gasteiger partial charge in [-0.05, 0) is 44.0 Å². The van der Waals surface area contributed by atoms with E-state index in [1.165, 1.54) is 0 Å². The van der Waals surface area contributed by atoms with Gasteiger partial charge in [0, 0.05) is 18.1 Å². The second-order valence-electron chi connectivity index (χ2n) is 6.40. The lowest BCUT2D eigenvalue weighted by atomic mass is 10.1. The van der Waals surface area contributed by atoms with Crippen molar-refractivity contribution in [2.45, 2.75) is 26.3 Å². The SMILES string of the molecule is CCN(CC)C(=O)c1cc(-c2ccc(Cl)cc2)n(C2CCS(=O)(=O)C2)n1. The van der Waals surface area contributed by atoms with Crippen molar-refractivity contribution in [3.05, 3.63) is 41.0 Å². The lowest BCUT2D eigenvalue weighted by molar-refractivity contribution is 0.0766. The number of hydrogen-bond donors (Lipinski definition) is 0. The molecule has 0 N–H and O–H groups in total. The Morgan fingerprint density at radius 1 is 1.27 bits per heavy atom. The van der Waals surface area contributed by atoms with Crippen molar-refractivity contribution < 1.29 is 13.2 Å². The van der Waals surface area contributed by atoms with Gasteiger partial charge >= 0.3 is 0 Å². The predicted octanol–water partition coefficient (Wildman–Crippen LogP) is 3.05. The van der Waals surface area contributed by atoms with Gasteiger partial charge in [0.15, 0.2) is 15.5 Å². The molecular formula is C18H22ClN3O3S. The maximum atomic E-state index is 12.7. The molecule has 0 saturated carbocycles. The van der Waals surface area contributed by atoms with E-state index in [-0.39, 0.29) is 23.5 Å². The van der Waals surface area contributed by atoms with E-state index < -0.39 is 9.84 Å². The molecule has 0 radical (unpaired) electrons. The Morgan fingerprint density at radius 2 is 1.92 bits per heavy atom. The van der Waals surface area contributed by atoms with Crippen LogP contribution in [0.2, 0.25) is 5.02 Å². The summed E-state index contributed by atoms with van der Waals surface area (Å²) in [6.45, 7) is 5.02. The van der Waals surface area contributed by atoms with Crippen molar-refractivity contribution in [3.8, 4) is 11.3 Å². The van der Waals surface area contributed by atoms with Crippen LogP contribution in [0.15, 0.2) is 30.3 Å². The summed E-state index contributed by atoms with van der Waals surface area (Å²) in [5.41, 5.74) is 1.92. The molecule has 140 valence electrons. The first-order chi connectivity index (χ1) is 12.3. The minimum atomic E-state index is -3.06. The Bertz CT molecular complexity index is 902. The molecule has 1 aromatic carbocycles. The fourth-order valence-electron chi connectivity index (χ4n) is 3.25. The zero-order valence-electron chi connectivity index (χ0n) is 14.9. The number of nitrogens with zero attached hydrogens (tertiary/aromatic N) is 3. The van der Waals surface area contributed by atoms with Crippen molar-refractivity contribution in [2.24, 2.45) is 0 Å². The van der Waals surface area contributed by atoms with E-state index in [9.17, 15) is 13.2 Å². The number of carbonyl (C=O) groups excluding carboxylic acids is 1. The van der Waals surface area contributed by atoms with Gasteiger partial charge in [-0.1, -0.05) is 23.7 Å². The van der Waals surface area contributed by atoms with Crippen molar-refractivity contribution in [2.75, 3.05) is 24.6 Å². The van der Waals surface area contributed by atoms with Crippen LogP contribution in [0, 0.1) is 0 Å². The first-order valence-corrected chi connectivity index (χ1v) is 10.9. The Morgan fingerprint density at radius 3 is 2.46 bits per heavy atom. The third-order valence-corrected chi connectivity index (χ3v) is 6.70. The Balaban J connectivity index is 2.06. The highest BCUT2D eigenvalue weighted by Crippen LogP contribution is 2.31. The van der Waals surface area contributed by atoms with Gasteiger partial charge in [0.1, 0.15) is 0 Å². The smallest absolute Gasteiger partial charge is 0.274 e. The molecule has 0 spiro atoms. The number of hydrogen-bond acceptors (Lipinski definition) is 4. The van der Waals surface area contributed by atoms with E-state index in [0.717, 1.165) is 11.3 Å². The Kier molecular flexibility index (Phi) is 5.39. The minimum absolute atomic E-state index is 0.0498. The minimum Gasteiger partial charge on any atom is -0.338 e. The molecule has 0 aliphatic carbocycles. The number of rotatable bonds is 5. The molecule has 2 aromatic rings. The Hall–Kier alpha value is -1.86. The van der Waals surface area contributed by atoms with Gasteiger partial charge in [-0.25, -0.2) is 8.42 Å². The Labute approximate surface area is 158 Å². The van der Waals surface area contributed by atoms with E-state index in [4.69, 9.17) is 11.6 Å². The summed E-state index contributed by atoms with van der Waals surface area (Å²) >= 11 is 5.98. The predicted molar refractivity (Wildman–Crippen MR) is 102 cm³/mol. The van der Waals surface area contributed by atoms with E-state index in [2.05, 4.69) is 5.10 Å². The van der Waals surface area contributed by atoms with Gasteiger partial charge in [-0.15, -0.1) is 0 Å². The van der Waals surface area contributed by atoms with Gasteiger partial charge in [0.05, 0.1) is 23.2 Å². The van der Waals surface area contributed by atoms with Gasteiger partial charge in [0.2, 0.25) is 0 Å². The molecule has 1 atom stereocenters. The van der Waals surface area contributed by atoms with E-state index >= 15 is 0 Å². The summed E-state index contributed by atoms with van der Waals surface area (Å²) in [4.78, 5) is 14.4. The molecule has 8 heteroatoms. The maximum Gasteiger partial charge on any atom is 0.274 e. The van der Waals surface area contributed by atoms with Crippen LogP contribution in [0.1, 0.15) is 36.8 Å². The average molecular weight is 396 g/mol. The second kappa shape index (κ2) is 7.40. The van der Waals surface area contributed by atoms with Gasteiger partial charge < -0.3 is 4.90 Å². The molecule has 1 unspecified atom stereocenters. The molecule has 6 nitrogen and oxygen atoms in total. The topological polar surface area (TPSA) is 72.3 Å². The van der Waals surface area contributed by atoms with Gasteiger partial charge in [0.25, 0.3) is 5.91 Å². The highest BCUT2D eigenvalue weighted by molar-refractivity contribution is 7.91. The van der Waals surface area contributed by atoms with E-state index in [1.807, 2.05) is 26.0 Å². The number of aromatic nitrogens is 2. The summed E-state index contributed by atoms with van der Waals surface area (Å²) < 4.78 is 25.5. The van der Waals surface area contributed by atoms with Gasteiger partial charge in [-0.3, -0.25) is 9.48 Å². The fourth-order valence-corrected chi connectivity index (χ4v) is 5.07. The summed E-state index contributed by atoms with van der Waals surface area (Å²) in [6, 6.07) is 8.73. The molecule has 1 fully saturated rings. The van der Waals surface area contributed by atoms with Crippen LogP contribution in [0.5, 0.6) is 0 Å². The fraction of sp³-hybridized carbons (Fsp3) is 0.444. The van der Waals surface area contributed by atoms with Crippen molar-refractivity contribution >= 4 is 27.3 Å². The molecule has 1 saturated heterocycles. The first kappa shape index (κ1) is 18.9. The number of sulfone groups is 1. The number of amides is 1. The molecule has 2 heterocycles. The standard InChI is InChI=1S/C18H22ClN3O3S/c1-3-21(4-2)18(23)16-11-17(13-5-7-14(19)8-6-13)22(20-16)15-9-10-26(24,25)12-15/h5-8,11,15H,3-4,9-10,12H2,1-2H3. The number of carbonyl (C=O) groups is 1. The third kappa shape index (κ3) is 3.78. The number of benzene rings is 1. The van der Waals surface area contributed by atoms with Crippen LogP contribution < -0.4 is 0 Å². The van der Waals surface area contributed by atoms with Crippen LogP contribution in [-0.2, 0) is 9.84 Å². The largest absolute Gasteiger partial charge is 0.338 e. The van der Waals surface area contributed by atoms with Crippen LogP contribution in [0.4, 0.5) is 0 Å². The van der Waals surface area contributed by atoms with Crippen molar-refractivity contribution in [1.82, 2.24) is 14.7 Å².